The number of fused-ring (bicyclic) bond motifs is 1. The molecule has 0 radical (unpaired) electrons. The van der Waals surface area contributed by atoms with Crippen LogP contribution in [0.5, 0.6) is 0 Å². The van der Waals surface area contributed by atoms with Crippen molar-refractivity contribution in [3.63, 3.8) is 0 Å². The van der Waals surface area contributed by atoms with E-state index >= 15 is 0 Å². The Hall–Kier alpha value is -2.19. The van der Waals surface area contributed by atoms with Gasteiger partial charge in [-0.25, -0.2) is 4.99 Å². The number of amides is 1. The van der Waals surface area contributed by atoms with E-state index in [1.807, 2.05) is 15.7 Å². The van der Waals surface area contributed by atoms with Crippen molar-refractivity contribution < 1.29 is 4.79 Å². The van der Waals surface area contributed by atoms with Crippen LogP contribution in [-0.4, -0.2) is 59.1 Å². The number of hydrogen-bond acceptors (Lipinski definition) is 6. The zero-order chi connectivity index (χ0) is 24.3. The molecular weight excluding hydrogens is 414 g/mol. The Kier molecular flexibility index (Phi) is 11.1. The molecule has 186 valence electrons. The highest BCUT2D eigenvalue weighted by atomic mass is 16.2. The fourth-order valence-electron chi connectivity index (χ4n) is 3.89. The lowest BCUT2D eigenvalue weighted by atomic mass is 9.92. The summed E-state index contributed by atoms with van der Waals surface area (Å²) in [5.41, 5.74) is 14.4. The van der Waals surface area contributed by atoms with Gasteiger partial charge < -0.3 is 21.7 Å². The SMILES string of the molecule is CCCN(CCCNCCC(C)(C)C)C(=O)C1=Cc2c(cnn2CCCCCN)N=C(N)C1. The first kappa shape index (κ1) is 27.1. The van der Waals surface area contributed by atoms with Crippen LogP contribution in [0.15, 0.2) is 16.8 Å². The van der Waals surface area contributed by atoms with Crippen LogP contribution in [0.4, 0.5) is 5.69 Å². The summed E-state index contributed by atoms with van der Waals surface area (Å²) in [7, 11) is 0. The molecule has 0 spiro atoms. The second-order valence-electron chi connectivity index (χ2n) is 10.1. The predicted molar refractivity (Wildman–Crippen MR) is 137 cm³/mol. The van der Waals surface area contributed by atoms with Gasteiger partial charge in [0.1, 0.15) is 11.5 Å². The number of carbonyl (C=O) groups excluding carboxylic acids is 1. The van der Waals surface area contributed by atoms with Crippen molar-refractivity contribution >= 4 is 23.5 Å². The Balaban J connectivity index is 2.04. The highest BCUT2D eigenvalue weighted by Crippen LogP contribution is 2.27. The summed E-state index contributed by atoms with van der Waals surface area (Å²) in [4.78, 5) is 19.9. The number of rotatable bonds is 14. The molecule has 1 aliphatic heterocycles. The number of aromatic nitrogens is 2. The van der Waals surface area contributed by atoms with Gasteiger partial charge in [0, 0.05) is 31.6 Å². The molecule has 8 nitrogen and oxygen atoms in total. The molecule has 1 amide bonds. The van der Waals surface area contributed by atoms with Gasteiger partial charge in [0.05, 0.1) is 11.9 Å². The third-order valence-electron chi connectivity index (χ3n) is 5.77. The van der Waals surface area contributed by atoms with E-state index in [9.17, 15) is 4.79 Å². The zero-order valence-corrected chi connectivity index (χ0v) is 21.2. The van der Waals surface area contributed by atoms with Crippen LogP contribution in [0.1, 0.15) is 78.3 Å². The van der Waals surface area contributed by atoms with Crippen molar-refractivity contribution in [1.82, 2.24) is 20.0 Å². The molecular formula is C25H45N7O. The van der Waals surface area contributed by atoms with Crippen molar-refractivity contribution in [3.8, 4) is 0 Å². The molecule has 0 saturated heterocycles. The van der Waals surface area contributed by atoms with Crippen molar-refractivity contribution in [3.05, 3.63) is 17.5 Å². The lowest BCUT2D eigenvalue weighted by Crippen LogP contribution is -2.36. The number of hydrogen-bond donors (Lipinski definition) is 3. The molecule has 1 aromatic heterocycles. The number of aryl methyl sites for hydroxylation is 1. The minimum atomic E-state index is 0.0495. The molecule has 0 unspecified atom stereocenters. The van der Waals surface area contributed by atoms with E-state index in [-0.39, 0.29) is 5.91 Å². The number of nitrogens with zero attached hydrogens (tertiary/aromatic N) is 4. The molecule has 33 heavy (non-hydrogen) atoms. The number of carbonyl (C=O) groups is 1. The van der Waals surface area contributed by atoms with Crippen molar-refractivity contribution in [1.29, 1.82) is 0 Å². The molecule has 0 atom stereocenters. The van der Waals surface area contributed by atoms with E-state index in [0.717, 1.165) is 82.6 Å². The number of nitrogens with one attached hydrogen (secondary N) is 1. The zero-order valence-electron chi connectivity index (χ0n) is 21.2. The van der Waals surface area contributed by atoms with Crippen LogP contribution >= 0.6 is 0 Å². The highest BCUT2D eigenvalue weighted by Gasteiger charge is 2.23. The summed E-state index contributed by atoms with van der Waals surface area (Å²) in [5, 5.41) is 8.00. The molecule has 1 aliphatic rings. The molecule has 5 N–H and O–H groups in total. The summed E-state index contributed by atoms with van der Waals surface area (Å²) >= 11 is 0. The first-order chi connectivity index (χ1) is 15.7. The second kappa shape index (κ2) is 13.5. The maximum absolute atomic E-state index is 13.5. The van der Waals surface area contributed by atoms with Gasteiger partial charge in [0.15, 0.2) is 0 Å². The van der Waals surface area contributed by atoms with Crippen molar-refractivity contribution in [2.45, 2.75) is 79.2 Å². The van der Waals surface area contributed by atoms with Gasteiger partial charge in [-0.3, -0.25) is 9.48 Å². The van der Waals surface area contributed by atoms with Gasteiger partial charge in [0.25, 0.3) is 0 Å². The average molecular weight is 460 g/mol. The number of aliphatic imine (C=N–C) groups is 1. The highest BCUT2D eigenvalue weighted by molar-refractivity contribution is 6.05. The van der Waals surface area contributed by atoms with Crippen LogP contribution in [0.2, 0.25) is 0 Å². The predicted octanol–water partition coefficient (Wildman–Crippen LogP) is 3.44. The minimum Gasteiger partial charge on any atom is -0.387 e. The Morgan fingerprint density at radius 1 is 1.18 bits per heavy atom. The van der Waals surface area contributed by atoms with Crippen LogP contribution in [0.3, 0.4) is 0 Å². The summed E-state index contributed by atoms with van der Waals surface area (Å²) < 4.78 is 1.94. The Morgan fingerprint density at radius 3 is 2.67 bits per heavy atom. The maximum Gasteiger partial charge on any atom is 0.250 e. The fraction of sp³-hybridized carbons (Fsp3) is 0.720. The number of nitrogens with two attached hydrogens (primary N) is 2. The van der Waals surface area contributed by atoms with E-state index in [1.165, 1.54) is 0 Å². The van der Waals surface area contributed by atoms with Crippen LogP contribution in [0, 0.1) is 5.41 Å². The number of amidine groups is 1. The first-order valence-electron chi connectivity index (χ1n) is 12.5. The Bertz CT molecular complexity index is 804. The van der Waals surface area contributed by atoms with Crippen LogP contribution < -0.4 is 16.8 Å². The van der Waals surface area contributed by atoms with Crippen molar-refractivity contribution in [2.75, 3.05) is 32.7 Å². The summed E-state index contributed by atoms with van der Waals surface area (Å²) in [5.74, 6) is 0.504. The largest absolute Gasteiger partial charge is 0.387 e. The third kappa shape index (κ3) is 9.29. The minimum absolute atomic E-state index is 0.0495. The first-order valence-corrected chi connectivity index (χ1v) is 12.5. The molecule has 0 bridgehead atoms. The summed E-state index contributed by atoms with van der Waals surface area (Å²) in [6.45, 7) is 13.7. The summed E-state index contributed by atoms with van der Waals surface area (Å²) in [6, 6.07) is 0. The van der Waals surface area contributed by atoms with E-state index in [4.69, 9.17) is 11.5 Å². The molecule has 1 aromatic rings. The molecule has 0 fully saturated rings. The van der Waals surface area contributed by atoms with Gasteiger partial charge in [-0.2, -0.15) is 5.10 Å². The molecule has 0 aliphatic carbocycles. The van der Waals surface area contributed by atoms with Gasteiger partial charge in [-0.05, 0) is 63.2 Å². The molecule has 8 heteroatoms. The Labute approximate surface area is 199 Å². The summed E-state index contributed by atoms with van der Waals surface area (Å²) in [6.07, 6.45) is 10.1. The molecule has 2 rings (SSSR count). The van der Waals surface area contributed by atoms with Crippen LogP contribution in [0.25, 0.3) is 6.08 Å². The average Bonchev–Trinajstić information content (AvgIpc) is 3.02. The standard InChI is InChI=1S/C25H45N7O/c1-5-14-31(15-9-12-28-13-10-25(2,3)4)24(33)20-17-22-21(30-23(27)18-20)19-29-32(22)16-8-6-7-11-26/h17,19,28H,5-16,18,26H2,1-4H3,(H2,27,30). The van der Waals surface area contributed by atoms with Gasteiger partial charge in [-0.1, -0.05) is 34.1 Å². The quantitative estimate of drug-likeness (QED) is 0.369. The molecule has 0 saturated carbocycles. The molecule has 2 heterocycles. The smallest absolute Gasteiger partial charge is 0.250 e. The lowest BCUT2D eigenvalue weighted by molar-refractivity contribution is -0.127. The third-order valence-corrected chi connectivity index (χ3v) is 5.77. The van der Waals surface area contributed by atoms with Gasteiger partial charge >= 0.3 is 0 Å². The van der Waals surface area contributed by atoms with Crippen molar-refractivity contribution in [2.24, 2.45) is 21.9 Å². The fourth-order valence-corrected chi connectivity index (χ4v) is 3.89. The lowest BCUT2D eigenvalue weighted by Gasteiger charge is -2.24. The topological polar surface area (TPSA) is 115 Å². The van der Waals surface area contributed by atoms with Gasteiger partial charge in [-0.15, -0.1) is 0 Å². The normalized spacial score (nSPS) is 13.8. The Morgan fingerprint density at radius 2 is 1.97 bits per heavy atom. The van der Waals surface area contributed by atoms with Crippen LogP contribution in [-0.2, 0) is 11.3 Å². The number of unbranched alkanes of at least 4 members (excludes halogenated alkanes) is 2. The molecule has 0 aromatic carbocycles. The van der Waals surface area contributed by atoms with E-state index in [0.29, 0.717) is 29.8 Å². The van der Waals surface area contributed by atoms with E-state index in [2.05, 4.69) is 43.1 Å². The second-order valence-corrected chi connectivity index (χ2v) is 10.1. The van der Waals surface area contributed by atoms with E-state index < -0.39 is 0 Å². The van der Waals surface area contributed by atoms with E-state index in [1.54, 1.807) is 6.20 Å². The monoisotopic (exact) mass is 459 g/mol. The van der Waals surface area contributed by atoms with Gasteiger partial charge in [0.2, 0.25) is 5.91 Å². The maximum atomic E-state index is 13.5.